The minimum Gasteiger partial charge on any atom is -0.393 e. The van der Waals surface area contributed by atoms with E-state index in [1.54, 1.807) is 0 Å². The molecule has 3 nitrogen and oxygen atoms in total. The molecular weight excluding hydrogens is 212 g/mol. The topological polar surface area (TPSA) is 35.5 Å². The van der Waals surface area contributed by atoms with Gasteiger partial charge in [0.1, 0.15) is 0 Å². The molecule has 3 heteroatoms. The molecule has 2 rings (SSSR count). The van der Waals surface area contributed by atoms with Crippen molar-refractivity contribution in [1.29, 1.82) is 0 Å². The molecule has 1 heterocycles. The summed E-state index contributed by atoms with van der Waals surface area (Å²) in [6.07, 6.45) is 4.85. The van der Waals surface area contributed by atoms with Crippen LogP contribution in [0.15, 0.2) is 0 Å². The lowest BCUT2D eigenvalue weighted by Gasteiger charge is -2.20. The van der Waals surface area contributed by atoms with E-state index in [9.17, 15) is 5.11 Å². The van der Waals surface area contributed by atoms with Crippen molar-refractivity contribution in [1.82, 2.24) is 10.2 Å². The van der Waals surface area contributed by atoms with Gasteiger partial charge < -0.3 is 10.4 Å². The number of aliphatic hydroxyl groups excluding tert-OH is 1. The zero-order valence-electron chi connectivity index (χ0n) is 11.5. The van der Waals surface area contributed by atoms with E-state index in [0.717, 1.165) is 25.0 Å². The van der Waals surface area contributed by atoms with E-state index in [4.69, 9.17) is 0 Å². The number of hydrogen-bond acceptors (Lipinski definition) is 3. The van der Waals surface area contributed by atoms with Crippen molar-refractivity contribution in [3.8, 4) is 0 Å². The molecule has 1 aliphatic carbocycles. The lowest BCUT2D eigenvalue weighted by atomic mass is 10.0. The molecule has 4 unspecified atom stereocenters. The van der Waals surface area contributed by atoms with Gasteiger partial charge >= 0.3 is 0 Å². The number of likely N-dealkylation sites (tertiary alicyclic amines) is 1. The first-order valence-corrected chi connectivity index (χ1v) is 7.23. The Balaban J connectivity index is 1.66. The van der Waals surface area contributed by atoms with Crippen molar-refractivity contribution in [2.24, 2.45) is 5.92 Å². The van der Waals surface area contributed by atoms with Crippen LogP contribution in [0.5, 0.6) is 0 Å². The van der Waals surface area contributed by atoms with Gasteiger partial charge in [-0.05, 0) is 52.0 Å². The van der Waals surface area contributed by atoms with Gasteiger partial charge in [-0.2, -0.15) is 0 Å². The highest BCUT2D eigenvalue weighted by molar-refractivity contribution is 4.95. The molecule has 17 heavy (non-hydrogen) atoms. The average molecular weight is 240 g/mol. The Morgan fingerprint density at radius 2 is 2.06 bits per heavy atom. The maximum absolute atomic E-state index is 9.34. The lowest BCUT2D eigenvalue weighted by molar-refractivity contribution is 0.162. The van der Waals surface area contributed by atoms with Crippen LogP contribution in [0.3, 0.4) is 0 Å². The van der Waals surface area contributed by atoms with Crippen LogP contribution in [0.1, 0.15) is 46.5 Å². The second-order valence-electron chi connectivity index (χ2n) is 6.31. The van der Waals surface area contributed by atoms with Crippen LogP contribution in [0.4, 0.5) is 0 Å². The zero-order valence-corrected chi connectivity index (χ0v) is 11.5. The second kappa shape index (κ2) is 5.68. The van der Waals surface area contributed by atoms with E-state index in [-0.39, 0.29) is 6.10 Å². The predicted molar refractivity (Wildman–Crippen MR) is 71.1 cm³/mol. The fourth-order valence-corrected chi connectivity index (χ4v) is 3.15. The van der Waals surface area contributed by atoms with Gasteiger partial charge in [0.05, 0.1) is 6.10 Å². The van der Waals surface area contributed by atoms with Crippen molar-refractivity contribution in [3.63, 3.8) is 0 Å². The van der Waals surface area contributed by atoms with Gasteiger partial charge in [0.15, 0.2) is 0 Å². The molecule has 1 saturated carbocycles. The number of nitrogens with zero attached hydrogens (tertiary/aromatic N) is 1. The van der Waals surface area contributed by atoms with Crippen LogP contribution in [0.25, 0.3) is 0 Å². The van der Waals surface area contributed by atoms with Gasteiger partial charge in [-0.25, -0.2) is 0 Å². The highest BCUT2D eigenvalue weighted by Crippen LogP contribution is 2.33. The van der Waals surface area contributed by atoms with Gasteiger partial charge in [0, 0.05) is 24.7 Å². The SMILES string of the molecule is CC(O)CC(C)CNC1CC(C)N(C2CC2)C1. The highest BCUT2D eigenvalue weighted by Gasteiger charge is 2.38. The van der Waals surface area contributed by atoms with Gasteiger partial charge in [0.2, 0.25) is 0 Å². The molecule has 2 fully saturated rings. The third-order valence-electron chi connectivity index (χ3n) is 4.14. The summed E-state index contributed by atoms with van der Waals surface area (Å²) in [4.78, 5) is 2.68. The van der Waals surface area contributed by atoms with E-state index in [0.29, 0.717) is 12.0 Å². The molecule has 0 amide bonds. The van der Waals surface area contributed by atoms with Crippen LogP contribution in [-0.4, -0.2) is 47.3 Å². The standard InChI is InChI=1S/C14H28N2O/c1-10(6-12(3)17)8-15-13-7-11(2)16(9-13)14-4-5-14/h10-15,17H,4-9H2,1-3H3. The summed E-state index contributed by atoms with van der Waals surface area (Å²) < 4.78 is 0. The minimum absolute atomic E-state index is 0.169. The number of aliphatic hydroxyl groups is 1. The van der Waals surface area contributed by atoms with E-state index in [2.05, 4.69) is 24.1 Å². The summed E-state index contributed by atoms with van der Waals surface area (Å²) >= 11 is 0. The summed E-state index contributed by atoms with van der Waals surface area (Å²) in [5.41, 5.74) is 0. The van der Waals surface area contributed by atoms with Gasteiger partial charge in [0.25, 0.3) is 0 Å². The molecule has 0 aromatic rings. The molecule has 0 aromatic heterocycles. The van der Waals surface area contributed by atoms with Crippen LogP contribution in [0, 0.1) is 5.92 Å². The van der Waals surface area contributed by atoms with Crippen LogP contribution in [-0.2, 0) is 0 Å². The van der Waals surface area contributed by atoms with E-state index in [1.165, 1.54) is 25.8 Å². The van der Waals surface area contributed by atoms with Gasteiger partial charge in [-0.3, -0.25) is 4.90 Å². The van der Waals surface area contributed by atoms with Crippen LogP contribution < -0.4 is 5.32 Å². The summed E-state index contributed by atoms with van der Waals surface area (Å²) in [5, 5.41) is 13.0. The zero-order chi connectivity index (χ0) is 12.4. The fourth-order valence-electron chi connectivity index (χ4n) is 3.15. The molecule has 0 bridgehead atoms. The van der Waals surface area contributed by atoms with E-state index in [1.807, 2.05) is 6.92 Å². The molecule has 4 atom stereocenters. The molecule has 2 N–H and O–H groups in total. The monoisotopic (exact) mass is 240 g/mol. The number of rotatable bonds is 6. The molecule has 100 valence electrons. The minimum atomic E-state index is -0.169. The molecular formula is C14H28N2O. The summed E-state index contributed by atoms with van der Waals surface area (Å²) in [7, 11) is 0. The summed E-state index contributed by atoms with van der Waals surface area (Å²) in [6, 6.07) is 2.32. The summed E-state index contributed by atoms with van der Waals surface area (Å²) in [5.74, 6) is 0.570. The Morgan fingerprint density at radius 3 is 2.65 bits per heavy atom. The summed E-state index contributed by atoms with van der Waals surface area (Å²) in [6.45, 7) is 8.73. The van der Waals surface area contributed by atoms with E-state index < -0.39 is 0 Å². The molecule has 2 aliphatic rings. The first-order chi connectivity index (χ1) is 8.06. The van der Waals surface area contributed by atoms with Crippen molar-refractivity contribution in [2.75, 3.05) is 13.1 Å². The van der Waals surface area contributed by atoms with Crippen molar-refractivity contribution < 1.29 is 5.11 Å². The first-order valence-electron chi connectivity index (χ1n) is 7.23. The van der Waals surface area contributed by atoms with Crippen molar-refractivity contribution >= 4 is 0 Å². The van der Waals surface area contributed by atoms with Crippen molar-refractivity contribution in [2.45, 2.75) is 70.7 Å². The highest BCUT2D eigenvalue weighted by atomic mass is 16.3. The average Bonchev–Trinajstić information content (AvgIpc) is 2.99. The Kier molecular flexibility index (Phi) is 4.45. The van der Waals surface area contributed by atoms with E-state index >= 15 is 0 Å². The van der Waals surface area contributed by atoms with Crippen LogP contribution in [0.2, 0.25) is 0 Å². The second-order valence-corrected chi connectivity index (χ2v) is 6.31. The lowest BCUT2D eigenvalue weighted by Crippen LogP contribution is -2.36. The Bertz CT molecular complexity index is 240. The third-order valence-corrected chi connectivity index (χ3v) is 4.14. The quantitative estimate of drug-likeness (QED) is 0.740. The maximum Gasteiger partial charge on any atom is 0.0515 e. The molecule has 0 radical (unpaired) electrons. The molecule has 1 aliphatic heterocycles. The van der Waals surface area contributed by atoms with Gasteiger partial charge in [-0.1, -0.05) is 6.92 Å². The van der Waals surface area contributed by atoms with Crippen molar-refractivity contribution in [3.05, 3.63) is 0 Å². The number of nitrogens with one attached hydrogen (secondary N) is 1. The Hall–Kier alpha value is -0.120. The maximum atomic E-state index is 9.34. The fraction of sp³-hybridized carbons (Fsp3) is 1.00. The largest absolute Gasteiger partial charge is 0.393 e. The third kappa shape index (κ3) is 3.94. The van der Waals surface area contributed by atoms with Gasteiger partial charge in [-0.15, -0.1) is 0 Å². The normalized spacial score (nSPS) is 33.9. The predicted octanol–water partition coefficient (Wildman–Crippen LogP) is 1.61. The number of hydrogen-bond donors (Lipinski definition) is 2. The van der Waals surface area contributed by atoms with Crippen LogP contribution >= 0.6 is 0 Å². The molecule has 0 spiro atoms. The smallest absolute Gasteiger partial charge is 0.0515 e. The first kappa shape index (κ1) is 13.3. The Labute approximate surface area is 106 Å². The molecule has 0 aromatic carbocycles. The Morgan fingerprint density at radius 1 is 1.35 bits per heavy atom. The molecule has 1 saturated heterocycles.